The number of likely N-dealkylation sites (N-methyl/N-ethyl adjacent to an activating group) is 1. The zero-order valence-electron chi connectivity index (χ0n) is 11.9. The average molecular weight is 256 g/mol. The zero-order valence-corrected chi connectivity index (χ0v) is 11.9. The van der Waals surface area contributed by atoms with Crippen molar-refractivity contribution in [3.8, 4) is 6.07 Å². The SMILES string of the molecule is CN1C(=O)C(C)(C)c2cc(CCCCC#N)ccc21. The van der Waals surface area contributed by atoms with E-state index in [0.29, 0.717) is 6.42 Å². The summed E-state index contributed by atoms with van der Waals surface area (Å²) in [6, 6.07) is 8.46. The number of fused-ring (bicyclic) bond motifs is 1. The van der Waals surface area contributed by atoms with Gasteiger partial charge < -0.3 is 4.90 Å². The maximum atomic E-state index is 12.2. The first-order valence-corrected chi connectivity index (χ1v) is 6.77. The van der Waals surface area contributed by atoms with Gasteiger partial charge in [0.05, 0.1) is 11.5 Å². The quantitative estimate of drug-likeness (QED) is 0.777. The summed E-state index contributed by atoms with van der Waals surface area (Å²) in [6.07, 6.45) is 3.56. The normalized spacial score (nSPS) is 16.3. The van der Waals surface area contributed by atoms with E-state index in [1.165, 1.54) is 5.56 Å². The molecule has 0 N–H and O–H groups in total. The van der Waals surface area contributed by atoms with Gasteiger partial charge in [0.1, 0.15) is 0 Å². The van der Waals surface area contributed by atoms with Crippen LogP contribution in [0, 0.1) is 11.3 Å². The highest BCUT2D eigenvalue weighted by atomic mass is 16.2. The molecule has 0 atom stereocenters. The van der Waals surface area contributed by atoms with Crippen molar-refractivity contribution in [2.24, 2.45) is 0 Å². The Kier molecular flexibility index (Phi) is 3.61. The largest absolute Gasteiger partial charge is 0.314 e. The summed E-state index contributed by atoms with van der Waals surface area (Å²) in [5.41, 5.74) is 2.98. The summed E-state index contributed by atoms with van der Waals surface area (Å²) < 4.78 is 0. The summed E-state index contributed by atoms with van der Waals surface area (Å²) in [5, 5.41) is 8.52. The number of carbonyl (C=O) groups excluding carboxylic acids is 1. The van der Waals surface area contributed by atoms with Gasteiger partial charge in [0, 0.05) is 19.2 Å². The van der Waals surface area contributed by atoms with Crippen molar-refractivity contribution in [1.82, 2.24) is 0 Å². The van der Waals surface area contributed by atoms with Crippen molar-refractivity contribution in [2.45, 2.75) is 44.9 Å². The summed E-state index contributed by atoms with van der Waals surface area (Å²) in [7, 11) is 1.84. The topological polar surface area (TPSA) is 44.1 Å². The summed E-state index contributed by atoms with van der Waals surface area (Å²) in [4.78, 5) is 13.9. The third-order valence-corrected chi connectivity index (χ3v) is 3.94. The van der Waals surface area contributed by atoms with Crippen LogP contribution in [0.25, 0.3) is 0 Å². The maximum absolute atomic E-state index is 12.2. The molecule has 1 amide bonds. The molecule has 0 aliphatic carbocycles. The van der Waals surface area contributed by atoms with Gasteiger partial charge in [0.25, 0.3) is 0 Å². The van der Waals surface area contributed by atoms with E-state index in [9.17, 15) is 4.79 Å². The minimum absolute atomic E-state index is 0.157. The van der Waals surface area contributed by atoms with Gasteiger partial charge in [0.15, 0.2) is 0 Å². The van der Waals surface area contributed by atoms with Crippen LogP contribution in [-0.2, 0) is 16.6 Å². The molecule has 1 aliphatic heterocycles. The second kappa shape index (κ2) is 5.05. The molecule has 1 aliphatic rings. The van der Waals surface area contributed by atoms with Crippen LogP contribution in [0.3, 0.4) is 0 Å². The van der Waals surface area contributed by atoms with Crippen molar-refractivity contribution in [3.63, 3.8) is 0 Å². The van der Waals surface area contributed by atoms with E-state index in [0.717, 1.165) is 30.5 Å². The molecule has 0 bridgehead atoms. The van der Waals surface area contributed by atoms with Crippen molar-refractivity contribution < 1.29 is 4.79 Å². The van der Waals surface area contributed by atoms with Crippen molar-refractivity contribution in [2.75, 3.05) is 11.9 Å². The number of nitrogens with zero attached hydrogens (tertiary/aromatic N) is 2. The molecule has 0 spiro atoms. The number of hydrogen-bond acceptors (Lipinski definition) is 2. The molecule has 0 saturated carbocycles. The maximum Gasteiger partial charge on any atom is 0.236 e. The Morgan fingerprint density at radius 1 is 1.32 bits per heavy atom. The van der Waals surface area contributed by atoms with Gasteiger partial charge >= 0.3 is 0 Å². The minimum Gasteiger partial charge on any atom is -0.314 e. The molecular weight excluding hydrogens is 236 g/mol. The van der Waals surface area contributed by atoms with Gasteiger partial charge in [-0.2, -0.15) is 5.26 Å². The molecule has 3 nitrogen and oxygen atoms in total. The van der Waals surface area contributed by atoms with Crippen LogP contribution in [0.2, 0.25) is 0 Å². The first-order valence-electron chi connectivity index (χ1n) is 6.77. The number of benzene rings is 1. The Morgan fingerprint density at radius 3 is 2.74 bits per heavy atom. The summed E-state index contributed by atoms with van der Waals surface area (Å²) in [6.45, 7) is 3.97. The predicted octanol–water partition coefficient (Wildman–Crippen LogP) is 3.18. The molecule has 0 saturated heterocycles. The fraction of sp³-hybridized carbons (Fsp3) is 0.500. The fourth-order valence-electron chi connectivity index (χ4n) is 2.71. The van der Waals surface area contributed by atoms with Gasteiger partial charge in [-0.15, -0.1) is 0 Å². The zero-order chi connectivity index (χ0) is 14.0. The molecule has 19 heavy (non-hydrogen) atoms. The molecule has 0 unspecified atom stereocenters. The average Bonchev–Trinajstić information content (AvgIpc) is 2.57. The van der Waals surface area contributed by atoms with Crippen LogP contribution in [0.15, 0.2) is 18.2 Å². The van der Waals surface area contributed by atoms with E-state index in [1.54, 1.807) is 4.90 Å². The third kappa shape index (κ3) is 2.35. The molecule has 3 heteroatoms. The van der Waals surface area contributed by atoms with Gasteiger partial charge in [-0.1, -0.05) is 12.1 Å². The van der Waals surface area contributed by atoms with E-state index >= 15 is 0 Å². The minimum atomic E-state index is -0.424. The highest BCUT2D eigenvalue weighted by molar-refractivity contribution is 6.07. The van der Waals surface area contributed by atoms with Gasteiger partial charge in [-0.05, 0) is 50.3 Å². The molecular formula is C16H20N2O. The van der Waals surface area contributed by atoms with Gasteiger partial charge in [-0.25, -0.2) is 0 Å². The van der Waals surface area contributed by atoms with Crippen molar-refractivity contribution in [1.29, 1.82) is 5.26 Å². The molecule has 0 radical (unpaired) electrons. The van der Waals surface area contributed by atoms with Crippen LogP contribution >= 0.6 is 0 Å². The molecule has 2 rings (SSSR count). The summed E-state index contributed by atoms with van der Waals surface area (Å²) in [5.74, 6) is 0.157. The number of carbonyl (C=O) groups is 1. The van der Waals surface area contributed by atoms with Crippen molar-refractivity contribution >= 4 is 11.6 Å². The Bertz CT molecular complexity index is 540. The standard InChI is InChI=1S/C16H20N2O/c1-16(2)13-11-12(7-5-4-6-10-17)8-9-14(13)18(3)15(16)19/h8-9,11H,4-7H2,1-3H3. The van der Waals surface area contributed by atoms with Crippen LogP contribution in [0.1, 0.15) is 44.2 Å². The van der Waals surface area contributed by atoms with Crippen molar-refractivity contribution in [3.05, 3.63) is 29.3 Å². The van der Waals surface area contributed by atoms with E-state index in [1.807, 2.05) is 27.0 Å². The number of unbranched alkanes of at least 4 members (excludes halogenated alkanes) is 2. The monoisotopic (exact) mass is 256 g/mol. The van der Waals surface area contributed by atoms with Crippen LogP contribution in [0.5, 0.6) is 0 Å². The number of rotatable bonds is 4. The molecule has 1 heterocycles. The molecule has 100 valence electrons. The first kappa shape index (κ1) is 13.6. The predicted molar refractivity (Wildman–Crippen MR) is 76.0 cm³/mol. The highest BCUT2D eigenvalue weighted by Gasteiger charge is 2.41. The van der Waals surface area contributed by atoms with Gasteiger partial charge in [0.2, 0.25) is 5.91 Å². The lowest BCUT2D eigenvalue weighted by Crippen LogP contribution is -2.33. The second-order valence-electron chi connectivity index (χ2n) is 5.71. The second-order valence-corrected chi connectivity index (χ2v) is 5.71. The van der Waals surface area contributed by atoms with E-state index in [4.69, 9.17) is 5.26 Å². The first-order chi connectivity index (χ1) is 8.98. The third-order valence-electron chi connectivity index (χ3n) is 3.94. The smallest absolute Gasteiger partial charge is 0.236 e. The highest BCUT2D eigenvalue weighted by Crippen LogP contribution is 2.41. The number of aryl methyl sites for hydroxylation is 1. The number of nitriles is 1. The summed E-state index contributed by atoms with van der Waals surface area (Å²) >= 11 is 0. The van der Waals surface area contributed by atoms with E-state index in [-0.39, 0.29) is 5.91 Å². The number of anilines is 1. The Balaban J connectivity index is 2.19. The van der Waals surface area contributed by atoms with Crippen LogP contribution in [-0.4, -0.2) is 13.0 Å². The van der Waals surface area contributed by atoms with E-state index < -0.39 is 5.41 Å². The number of amides is 1. The van der Waals surface area contributed by atoms with Gasteiger partial charge in [-0.3, -0.25) is 4.79 Å². The Morgan fingerprint density at radius 2 is 2.05 bits per heavy atom. The molecule has 0 aromatic heterocycles. The number of hydrogen-bond donors (Lipinski definition) is 0. The molecule has 1 aromatic rings. The Labute approximate surface area is 114 Å². The molecule has 0 fully saturated rings. The lowest BCUT2D eigenvalue weighted by molar-refractivity contribution is -0.121. The van der Waals surface area contributed by atoms with E-state index in [2.05, 4.69) is 18.2 Å². The Hall–Kier alpha value is -1.82. The van der Waals surface area contributed by atoms with Crippen LogP contribution < -0.4 is 4.90 Å². The lowest BCUT2D eigenvalue weighted by atomic mass is 9.85. The molecule has 1 aromatic carbocycles. The fourth-order valence-corrected chi connectivity index (χ4v) is 2.71. The lowest BCUT2D eigenvalue weighted by Gasteiger charge is -2.16. The van der Waals surface area contributed by atoms with Crippen LogP contribution in [0.4, 0.5) is 5.69 Å².